The van der Waals surface area contributed by atoms with Crippen LogP contribution in [0.4, 0.5) is 0 Å². The van der Waals surface area contributed by atoms with Gasteiger partial charge in [0.1, 0.15) is 6.61 Å². The Hall–Kier alpha value is -0.570. The molecule has 2 nitrogen and oxygen atoms in total. The smallest absolute Gasteiger partial charge is 0.263 e. The summed E-state index contributed by atoms with van der Waals surface area (Å²) >= 11 is 4.77. The highest BCUT2D eigenvalue weighted by Gasteiger charge is 2.13. The van der Waals surface area contributed by atoms with Gasteiger partial charge in [-0.3, -0.25) is 0 Å². The van der Waals surface area contributed by atoms with Crippen molar-refractivity contribution in [2.24, 2.45) is 0 Å². The van der Waals surface area contributed by atoms with Crippen molar-refractivity contribution in [2.75, 3.05) is 13.2 Å². The minimum Gasteiger partial charge on any atom is -0.469 e. The highest BCUT2D eigenvalue weighted by molar-refractivity contribution is 7.80. The lowest BCUT2D eigenvalue weighted by atomic mass is 10.6. The summed E-state index contributed by atoms with van der Waals surface area (Å²) in [6.45, 7) is 5.10. The zero-order valence-corrected chi connectivity index (χ0v) is 5.28. The molecule has 1 aliphatic rings. The first-order valence-corrected chi connectivity index (χ1v) is 2.81. The van der Waals surface area contributed by atoms with Crippen LogP contribution in [0.1, 0.15) is 0 Å². The Balaban J connectivity index is 2.54. The topological polar surface area (TPSA) is 12.5 Å². The molecule has 0 aliphatic carbocycles. The average molecular weight is 129 g/mol. The number of hydrogen-bond acceptors (Lipinski definition) is 2. The van der Waals surface area contributed by atoms with Crippen LogP contribution in [0, 0.1) is 0 Å². The maximum absolute atomic E-state index is 4.94. The predicted molar refractivity (Wildman–Crippen MR) is 35.5 cm³/mol. The molecule has 1 heterocycles. The molecule has 1 fully saturated rings. The molecule has 0 atom stereocenters. The van der Waals surface area contributed by atoms with Gasteiger partial charge in [-0.25, -0.2) is 0 Å². The van der Waals surface area contributed by atoms with Crippen LogP contribution in [0.15, 0.2) is 12.8 Å². The second-order valence-corrected chi connectivity index (χ2v) is 1.84. The van der Waals surface area contributed by atoms with E-state index in [1.807, 2.05) is 0 Å². The van der Waals surface area contributed by atoms with E-state index in [4.69, 9.17) is 17.0 Å². The summed E-state index contributed by atoms with van der Waals surface area (Å²) in [6.07, 6.45) is 1.68. The Morgan fingerprint density at radius 2 is 2.62 bits per heavy atom. The summed E-state index contributed by atoms with van der Waals surface area (Å²) < 4.78 is 4.94. The number of hydrogen-bond donors (Lipinski definition) is 0. The zero-order valence-electron chi connectivity index (χ0n) is 4.46. The minimum atomic E-state index is 0.542. The van der Waals surface area contributed by atoms with E-state index in [0.29, 0.717) is 11.8 Å². The third kappa shape index (κ3) is 0.816. The van der Waals surface area contributed by atoms with Crippen LogP contribution in [-0.2, 0) is 4.74 Å². The molecule has 3 heteroatoms. The Kier molecular flexibility index (Phi) is 1.48. The fourth-order valence-corrected chi connectivity index (χ4v) is 0.820. The molecule has 8 heavy (non-hydrogen) atoms. The lowest BCUT2D eigenvalue weighted by Gasteiger charge is -2.04. The van der Waals surface area contributed by atoms with Crippen LogP contribution in [-0.4, -0.2) is 23.2 Å². The maximum Gasteiger partial charge on any atom is 0.263 e. The van der Waals surface area contributed by atoms with E-state index >= 15 is 0 Å². The molecule has 44 valence electrons. The Morgan fingerprint density at radius 3 is 2.88 bits per heavy atom. The second-order valence-electron chi connectivity index (χ2n) is 1.49. The van der Waals surface area contributed by atoms with Crippen LogP contribution >= 0.6 is 12.2 Å². The van der Waals surface area contributed by atoms with E-state index in [-0.39, 0.29) is 0 Å². The van der Waals surface area contributed by atoms with Gasteiger partial charge in [-0.1, -0.05) is 6.58 Å². The fraction of sp³-hybridized carbons (Fsp3) is 0.400. The van der Waals surface area contributed by atoms with E-state index in [2.05, 4.69) is 6.58 Å². The van der Waals surface area contributed by atoms with E-state index < -0.39 is 0 Å². The van der Waals surface area contributed by atoms with Crippen LogP contribution in [0.2, 0.25) is 0 Å². The molecule has 0 aromatic carbocycles. The van der Waals surface area contributed by atoms with Gasteiger partial charge in [-0.15, -0.1) is 0 Å². The van der Waals surface area contributed by atoms with Gasteiger partial charge in [0.2, 0.25) is 0 Å². The molecule has 0 amide bonds. The quantitative estimate of drug-likeness (QED) is 0.485. The molecule has 0 aromatic heterocycles. The van der Waals surface area contributed by atoms with Gasteiger partial charge in [0.25, 0.3) is 5.17 Å². The molecule has 1 rings (SSSR count). The molecular formula is C5H7NOS. The number of nitrogens with zero attached hydrogens (tertiary/aromatic N) is 1. The first-order chi connectivity index (χ1) is 3.84. The third-order valence-corrected chi connectivity index (χ3v) is 1.36. The minimum absolute atomic E-state index is 0.542. The van der Waals surface area contributed by atoms with E-state index in [1.165, 1.54) is 0 Å². The highest BCUT2D eigenvalue weighted by Crippen LogP contribution is 2.01. The molecule has 0 aromatic rings. The second kappa shape index (κ2) is 2.13. The first kappa shape index (κ1) is 5.56. The van der Waals surface area contributed by atoms with Crippen molar-refractivity contribution in [1.29, 1.82) is 0 Å². The number of thiocarbonyl (C=S) groups is 1. The van der Waals surface area contributed by atoms with Gasteiger partial charge >= 0.3 is 0 Å². The van der Waals surface area contributed by atoms with Crippen molar-refractivity contribution in [3.05, 3.63) is 12.8 Å². The van der Waals surface area contributed by atoms with Crippen molar-refractivity contribution < 1.29 is 4.74 Å². The molecule has 0 saturated carbocycles. The largest absolute Gasteiger partial charge is 0.469 e. The third-order valence-electron chi connectivity index (χ3n) is 1.01. The summed E-state index contributed by atoms with van der Waals surface area (Å²) in [5, 5.41) is 0.542. The van der Waals surface area contributed by atoms with Gasteiger partial charge in [0.05, 0.1) is 6.54 Å². The van der Waals surface area contributed by atoms with Crippen LogP contribution < -0.4 is 0 Å². The molecule has 0 spiro atoms. The van der Waals surface area contributed by atoms with Crippen molar-refractivity contribution in [2.45, 2.75) is 0 Å². The number of rotatable bonds is 1. The highest BCUT2D eigenvalue weighted by atomic mass is 32.1. The molecule has 0 unspecified atom stereocenters. The molecule has 0 N–H and O–H groups in total. The lowest BCUT2D eigenvalue weighted by molar-refractivity contribution is 0.361. The Bertz CT molecular complexity index is 124. The molecular weight excluding hydrogens is 122 g/mol. The van der Waals surface area contributed by atoms with Crippen LogP contribution in [0.3, 0.4) is 0 Å². The van der Waals surface area contributed by atoms with E-state index in [9.17, 15) is 0 Å². The van der Waals surface area contributed by atoms with Gasteiger partial charge in [-0.05, 0) is 12.2 Å². The molecule has 0 bridgehead atoms. The predicted octanol–water partition coefficient (Wildman–Crippen LogP) is 0.747. The summed E-state index contributed by atoms with van der Waals surface area (Å²) in [6, 6.07) is 0. The molecule has 0 radical (unpaired) electrons. The Morgan fingerprint density at radius 1 is 1.88 bits per heavy atom. The van der Waals surface area contributed by atoms with Gasteiger partial charge in [-0.2, -0.15) is 0 Å². The first-order valence-electron chi connectivity index (χ1n) is 2.40. The van der Waals surface area contributed by atoms with E-state index in [0.717, 1.165) is 6.54 Å². The standard InChI is InChI=1S/C5H7NOS/c1-2-6-3-4-7-5(6)8/h2H,1,3-4H2. The summed E-state index contributed by atoms with van der Waals surface area (Å²) in [7, 11) is 0. The monoisotopic (exact) mass is 129 g/mol. The summed E-state index contributed by atoms with van der Waals surface area (Å²) in [5.74, 6) is 0. The van der Waals surface area contributed by atoms with Crippen LogP contribution in [0.25, 0.3) is 0 Å². The summed E-state index contributed by atoms with van der Waals surface area (Å²) in [4.78, 5) is 1.80. The van der Waals surface area contributed by atoms with Crippen molar-refractivity contribution in [3.8, 4) is 0 Å². The van der Waals surface area contributed by atoms with Crippen molar-refractivity contribution in [1.82, 2.24) is 4.90 Å². The zero-order chi connectivity index (χ0) is 5.98. The lowest BCUT2D eigenvalue weighted by Crippen LogP contribution is -2.15. The SMILES string of the molecule is C=CN1CCOC1=S. The fourth-order valence-electron chi connectivity index (χ4n) is 0.571. The normalized spacial score (nSPS) is 18.5. The van der Waals surface area contributed by atoms with Gasteiger partial charge in [0.15, 0.2) is 0 Å². The maximum atomic E-state index is 4.94. The van der Waals surface area contributed by atoms with Crippen LogP contribution in [0.5, 0.6) is 0 Å². The van der Waals surface area contributed by atoms with Crippen molar-refractivity contribution >= 4 is 17.4 Å². The van der Waals surface area contributed by atoms with Crippen molar-refractivity contribution in [3.63, 3.8) is 0 Å². The average Bonchev–Trinajstić information content (AvgIpc) is 2.14. The molecule has 1 aliphatic heterocycles. The van der Waals surface area contributed by atoms with E-state index in [1.54, 1.807) is 11.1 Å². The van der Waals surface area contributed by atoms with Gasteiger partial charge in [0, 0.05) is 6.20 Å². The van der Waals surface area contributed by atoms with Gasteiger partial charge < -0.3 is 9.64 Å². The molecule has 1 saturated heterocycles. The Labute approximate surface area is 53.7 Å². The summed E-state index contributed by atoms with van der Waals surface area (Å²) in [5.41, 5.74) is 0. The number of ether oxygens (including phenoxy) is 1.